The average molecular weight is 298 g/mol. The number of benzene rings is 1. The standard InChI is InChI=1S/C16H18N4O2/c17-9-12-4-7-20(11-12)16(21)13-2-1-3-14(8-13)22-15-10-18-5-6-19-15/h1-3,5-6,8,10,12H,4,7,9,11,17H2. The number of carbonyl (C=O) groups excluding carboxylic acids is 1. The van der Waals surface area contributed by atoms with Gasteiger partial charge in [-0.05, 0) is 37.1 Å². The first-order valence-electron chi connectivity index (χ1n) is 7.29. The number of nitrogens with zero attached hydrogens (tertiary/aromatic N) is 3. The number of aromatic nitrogens is 2. The van der Waals surface area contributed by atoms with E-state index in [-0.39, 0.29) is 5.91 Å². The molecule has 1 unspecified atom stereocenters. The molecule has 1 aliphatic rings. The van der Waals surface area contributed by atoms with Crippen LogP contribution < -0.4 is 10.5 Å². The molecule has 0 aliphatic carbocycles. The van der Waals surface area contributed by atoms with Crippen molar-refractivity contribution < 1.29 is 9.53 Å². The van der Waals surface area contributed by atoms with Gasteiger partial charge in [0.1, 0.15) is 5.75 Å². The molecule has 3 rings (SSSR count). The fourth-order valence-corrected chi connectivity index (χ4v) is 2.54. The molecule has 1 saturated heterocycles. The van der Waals surface area contributed by atoms with E-state index in [1.165, 1.54) is 6.20 Å². The van der Waals surface area contributed by atoms with Crippen molar-refractivity contribution in [3.63, 3.8) is 0 Å². The summed E-state index contributed by atoms with van der Waals surface area (Å²) >= 11 is 0. The van der Waals surface area contributed by atoms with Crippen LogP contribution in [0.2, 0.25) is 0 Å². The molecule has 114 valence electrons. The van der Waals surface area contributed by atoms with Crippen LogP contribution in [0.1, 0.15) is 16.8 Å². The quantitative estimate of drug-likeness (QED) is 0.929. The van der Waals surface area contributed by atoms with Crippen molar-refractivity contribution in [2.24, 2.45) is 11.7 Å². The molecule has 0 bridgehead atoms. The molecule has 6 heteroatoms. The van der Waals surface area contributed by atoms with Crippen molar-refractivity contribution in [3.8, 4) is 11.6 Å². The van der Waals surface area contributed by atoms with Gasteiger partial charge in [-0.1, -0.05) is 6.07 Å². The van der Waals surface area contributed by atoms with E-state index >= 15 is 0 Å². The third kappa shape index (κ3) is 3.23. The summed E-state index contributed by atoms with van der Waals surface area (Å²) in [5.41, 5.74) is 6.28. The van der Waals surface area contributed by atoms with E-state index < -0.39 is 0 Å². The molecule has 2 N–H and O–H groups in total. The van der Waals surface area contributed by atoms with Gasteiger partial charge in [0.2, 0.25) is 5.88 Å². The molecule has 1 fully saturated rings. The van der Waals surface area contributed by atoms with Gasteiger partial charge in [-0.2, -0.15) is 0 Å². The number of hydrogen-bond donors (Lipinski definition) is 1. The van der Waals surface area contributed by atoms with Gasteiger partial charge in [-0.15, -0.1) is 0 Å². The first-order valence-corrected chi connectivity index (χ1v) is 7.29. The zero-order valence-electron chi connectivity index (χ0n) is 12.2. The number of carbonyl (C=O) groups is 1. The van der Waals surface area contributed by atoms with Gasteiger partial charge in [-0.3, -0.25) is 9.78 Å². The van der Waals surface area contributed by atoms with E-state index in [4.69, 9.17) is 10.5 Å². The fourth-order valence-electron chi connectivity index (χ4n) is 2.54. The van der Waals surface area contributed by atoms with Crippen LogP contribution in [-0.2, 0) is 0 Å². The smallest absolute Gasteiger partial charge is 0.253 e. The highest BCUT2D eigenvalue weighted by Gasteiger charge is 2.26. The SMILES string of the molecule is NCC1CCN(C(=O)c2cccc(Oc3cnccn3)c2)C1. The van der Waals surface area contributed by atoms with Crippen molar-refractivity contribution >= 4 is 5.91 Å². The maximum atomic E-state index is 12.5. The molecule has 2 heterocycles. The van der Waals surface area contributed by atoms with Gasteiger partial charge in [0.05, 0.1) is 6.20 Å². The maximum Gasteiger partial charge on any atom is 0.253 e. The lowest BCUT2D eigenvalue weighted by atomic mass is 10.1. The first kappa shape index (κ1) is 14.5. The Balaban J connectivity index is 1.72. The van der Waals surface area contributed by atoms with E-state index in [2.05, 4.69) is 9.97 Å². The topological polar surface area (TPSA) is 81.3 Å². The minimum Gasteiger partial charge on any atom is -0.437 e. The Morgan fingerprint density at radius 1 is 1.41 bits per heavy atom. The monoisotopic (exact) mass is 298 g/mol. The molecule has 1 aromatic heterocycles. The first-order chi connectivity index (χ1) is 10.8. The Morgan fingerprint density at radius 2 is 2.32 bits per heavy atom. The van der Waals surface area contributed by atoms with E-state index in [0.29, 0.717) is 29.7 Å². The molecule has 0 spiro atoms. The summed E-state index contributed by atoms with van der Waals surface area (Å²) < 4.78 is 5.61. The fraction of sp³-hybridized carbons (Fsp3) is 0.312. The second kappa shape index (κ2) is 6.53. The zero-order valence-corrected chi connectivity index (χ0v) is 12.2. The molecule has 0 radical (unpaired) electrons. The summed E-state index contributed by atoms with van der Waals surface area (Å²) in [5, 5.41) is 0. The Labute approximate surface area is 128 Å². The lowest BCUT2D eigenvalue weighted by Crippen LogP contribution is -2.29. The van der Waals surface area contributed by atoms with Crippen molar-refractivity contribution in [2.45, 2.75) is 6.42 Å². The van der Waals surface area contributed by atoms with Gasteiger partial charge in [0.25, 0.3) is 5.91 Å². The lowest BCUT2D eigenvalue weighted by Gasteiger charge is -2.16. The molecular weight excluding hydrogens is 280 g/mol. The van der Waals surface area contributed by atoms with Crippen LogP contribution in [0.5, 0.6) is 11.6 Å². The number of nitrogens with two attached hydrogens (primary N) is 1. The second-order valence-corrected chi connectivity index (χ2v) is 5.32. The molecule has 22 heavy (non-hydrogen) atoms. The molecule has 1 aromatic carbocycles. The minimum absolute atomic E-state index is 0.0144. The van der Waals surface area contributed by atoms with Gasteiger partial charge in [0.15, 0.2) is 0 Å². The largest absolute Gasteiger partial charge is 0.437 e. The highest BCUT2D eigenvalue weighted by atomic mass is 16.5. The van der Waals surface area contributed by atoms with Gasteiger partial charge in [-0.25, -0.2) is 4.98 Å². The third-order valence-electron chi connectivity index (χ3n) is 3.75. The van der Waals surface area contributed by atoms with Crippen LogP contribution in [0.3, 0.4) is 0 Å². The number of amides is 1. The number of ether oxygens (including phenoxy) is 1. The Morgan fingerprint density at radius 3 is 3.05 bits per heavy atom. The normalized spacial score (nSPS) is 17.5. The predicted molar refractivity (Wildman–Crippen MR) is 81.6 cm³/mol. The third-order valence-corrected chi connectivity index (χ3v) is 3.75. The van der Waals surface area contributed by atoms with E-state index in [0.717, 1.165) is 19.5 Å². The van der Waals surface area contributed by atoms with Crippen molar-refractivity contribution in [3.05, 3.63) is 48.4 Å². The molecule has 0 saturated carbocycles. The maximum absolute atomic E-state index is 12.5. The highest BCUT2D eigenvalue weighted by Crippen LogP contribution is 2.22. The van der Waals surface area contributed by atoms with E-state index in [1.54, 1.807) is 36.7 Å². The second-order valence-electron chi connectivity index (χ2n) is 5.32. The lowest BCUT2D eigenvalue weighted by molar-refractivity contribution is 0.0787. The van der Waals surface area contributed by atoms with Crippen LogP contribution in [0.4, 0.5) is 0 Å². The Kier molecular flexibility index (Phi) is 4.29. The minimum atomic E-state index is 0.0144. The highest BCUT2D eigenvalue weighted by molar-refractivity contribution is 5.94. The Bertz CT molecular complexity index is 648. The van der Waals surface area contributed by atoms with Crippen molar-refractivity contribution in [1.82, 2.24) is 14.9 Å². The van der Waals surface area contributed by atoms with Crippen LogP contribution in [-0.4, -0.2) is 40.4 Å². The molecular formula is C16H18N4O2. The molecule has 2 aromatic rings. The summed E-state index contributed by atoms with van der Waals surface area (Å²) in [6.07, 6.45) is 5.63. The summed E-state index contributed by atoms with van der Waals surface area (Å²) in [6.45, 7) is 2.11. The van der Waals surface area contributed by atoms with Gasteiger partial charge >= 0.3 is 0 Å². The number of likely N-dealkylation sites (tertiary alicyclic amines) is 1. The van der Waals surface area contributed by atoms with Crippen molar-refractivity contribution in [1.29, 1.82) is 0 Å². The molecule has 1 aliphatic heterocycles. The molecule has 6 nitrogen and oxygen atoms in total. The molecule has 1 amide bonds. The summed E-state index contributed by atoms with van der Waals surface area (Å²) in [5.74, 6) is 1.39. The van der Waals surface area contributed by atoms with E-state index in [1.807, 2.05) is 4.90 Å². The van der Waals surface area contributed by atoms with Crippen LogP contribution in [0, 0.1) is 5.92 Å². The van der Waals surface area contributed by atoms with Crippen LogP contribution >= 0.6 is 0 Å². The zero-order chi connectivity index (χ0) is 15.4. The van der Waals surface area contributed by atoms with Crippen molar-refractivity contribution in [2.75, 3.05) is 19.6 Å². The van der Waals surface area contributed by atoms with Crippen LogP contribution in [0.15, 0.2) is 42.9 Å². The van der Waals surface area contributed by atoms with Gasteiger partial charge in [0, 0.05) is 31.0 Å². The van der Waals surface area contributed by atoms with Gasteiger partial charge < -0.3 is 15.4 Å². The predicted octanol–water partition coefficient (Wildman–Crippen LogP) is 1.69. The summed E-state index contributed by atoms with van der Waals surface area (Å²) in [4.78, 5) is 22.4. The molecule has 1 atom stereocenters. The number of hydrogen-bond acceptors (Lipinski definition) is 5. The Hall–Kier alpha value is -2.47. The number of rotatable bonds is 4. The average Bonchev–Trinajstić information content (AvgIpc) is 3.04. The van der Waals surface area contributed by atoms with E-state index in [9.17, 15) is 4.79 Å². The summed E-state index contributed by atoms with van der Waals surface area (Å²) in [7, 11) is 0. The van der Waals surface area contributed by atoms with Crippen LogP contribution in [0.25, 0.3) is 0 Å². The summed E-state index contributed by atoms with van der Waals surface area (Å²) in [6, 6.07) is 7.11.